The van der Waals surface area contributed by atoms with E-state index in [2.05, 4.69) is 23.8 Å². The molecule has 0 spiro atoms. The first-order valence-corrected chi connectivity index (χ1v) is 15.9. The third-order valence-electron chi connectivity index (χ3n) is 4.92. The molecule has 2 rings (SSSR count). The van der Waals surface area contributed by atoms with E-state index in [1.807, 2.05) is 38.0 Å². The first-order valence-electron chi connectivity index (χ1n) is 10.4. The molecule has 0 amide bonds. The predicted octanol–water partition coefficient (Wildman–Crippen LogP) is 0.704. The molecule has 2 aromatic heterocycles. The number of aromatic amines is 2. The van der Waals surface area contributed by atoms with E-state index < -0.39 is 24.6 Å². The maximum atomic E-state index is 12.8. The summed E-state index contributed by atoms with van der Waals surface area (Å²) in [5.41, 5.74) is 1.46. The summed E-state index contributed by atoms with van der Waals surface area (Å²) in [6.07, 6.45) is 5.36. The Morgan fingerprint density at radius 3 is 1.45 bits per heavy atom. The molecule has 0 aliphatic heterocycles. The first-order chi connectivity index (χ1) is 13.8. The van der Waals surface area contributed by atoms with Crippen LogP contribution in [0.5, 0.6) is 0 Å². The zero-order chi connectivity index (χ0) is 21.6. The van der Waals surface area contributed by atoms with Gasteiger partial charge in [-0.25, -0.2) is 0 Å². The van der Waals surface area contributed by atoms with Crippen molar-refractivity contribution >= 4 is 18.3 Å². The third kappa shape index (κ3) is 6.14. The van der Waals surface area contributed by atoms with E-state index in [4.69, 9.17) is 9.97 Å². The quantitative estimate of drug-likeness (QED) is 0.397. The topological polar surface area (TPSA) is 98.0 Å². The van der Waals surface area contributed by atoms with Gasteiger partial charge in [0.05, 0.1) is 0 Å². The Morgan fingerprint density at radius 2 is 1.14 bits per heavy atom. The zero-order valence-electron chi connectivity index (χ0n) is 18.6. The van der Waals surface area contributed by atoms with Gasteiger partial charge in [-0.3, -0.25) is 0 Å². The van der Waals surface area contributed by atoms with E-state index in [9.17, 15) is 9.59 Å². The van der Waals surface area contributed by atoms with E-state index in [0.717, 1.165) is 56.1 Å². The molecule has 0 aromatic carbocycles. The molecule has 0 aliphatic carbocycles. The first kappa shape index (κ1) is 23.6. The molecule has 2 N–H and O–H groups in total. The van der Waals surface area contributed by atoms with Crippen LogP contribution in [0.2, 0.25) is 0 Å². The summed E-state index contributed by atoms with van der Waals surface area (Å²) in [4.78, 5) is 44.6. The fourth-order valence-corrected chi connectivity index (χ4v) is 10.5. The second-order valence-corrected chi connectivity index (χ2v) is 14.4. The minimum atomic E-state index is -2.16. The molecule has 9 heteroatoms. The van der Waals surface area contributed by atoms with Crippen molar-refractivity contribution in [2.24, 2.45) is 0 Å². The van der Waals surface area contributed by atoms with Crippen LogP contribution in [0.25, 0.3) is 0 Å². The van der Waals surface area contributed by atoms with Gasteiger partial charge in [-0.2, -0.15) is 0 Å². The van der Waals surface area contributed by atoms with Gasteiger partial charge in [-0.1, -0.05) is 0 Å². The van der Waals surface area contributed by atoms with Crippen molar-refractivity contribution in [2.45, 2.75) is 52.4 Å². The summed E-state index contributed by atoms with van der Waals surface area (Å²) in [6.45, 7) is 4.23. The number of rotatable bonds is 10. The SMILES string of the molecule is CCCCc1[c]([Hg][c]2nc(N(C)C)[nH]c(=O)c2CCCC)nc(N(C)C)[nH]c1=O. The van der Waals surface area contributed by atoms with Crippen LogP contribution in [0.3, 0.4) is 0 Å². The fraction of sp³-hybridized carbons (Fsp3) is 0.600. The molecule has 0 unspecified atom stereocenters. The molecule has 0 aliphatic rings. The van der Waals surface area contributed by atoms with E-state index in [1.165, 1.54) is 0 Å². The Labute approximate surface area is 184 Å². The summed E-state index contributed by atoms with van der Waals surface area (Å²) >= 11 is -2.16. The molecular formula is C20H32HgN6O2. The number of hydrogen-bond donors (Lipinski definition) is 2. The average Bonchev–Trinajstić information content (AvgIpc) is 2.66. The molecule has 8 nitrogen and oxygen atoms in total. The van der Waals surface area contributed by atoms with Crippen molar-refractivity contribution in [3.63, 3.8) is 0 Å². The van der Waals surface area contributed by atoms with Gasteiger partial charge in [0.25, 0.3) is 0 Å². The van der Waals surface area contributed by atoms with Gasteiger partial charge in [-0.05, 0) is 0 Å². The number of aromatic nitrogens is 4. The number of nitrogens with one attached hydrogen (secondary N) is 2. The van der Waals surface area contributed by atoms with Crippen molar-refractivity contribution in [3.05, 3.63) is 31.8 Å². The van der Waals surface area contributed by atoms with Crippen LogP contribution in [0, 0.1) is 0 Å². The number of unbranched alkanes of at least 4 members (excludes halogenated alkanes) is 2. The Bertz CT molecular complexity index is 860. The summed E-state index contributed by atoms with van der Waals surface area (Å²) < 4.78 is 1.85. The minimum absolute atomic E-state index is 0.0556. The molecule has 0 fully saturated rings. The van der Waals surface area contributed by atoms with Crippen molar-refractivity contribution in [1.82, 2.24) is 19.9 Å². The average molecular weight is 589 g/mol. The predicted molar refractivity (Wildman–Crippen MR) is 115 cm³/mol. The molecule has 2 heterocycles. The van der Waals surface area contributed by atoms with Crippen LogP contribution in [0.1, 0.15) is 50.7 Å². The van der Waals surface area contributed by atoms with Crippen molar-refractivity contribution in [2.75, 3.05) is 38.0 Å². The molecule has 0 saturated carbocycles. The molecule has 156 valence electrons. The Hall–Kier alpha value is -1.70. The number of anilines is 2. The van der Waals surface area contributed by atoms with Gasteiger partial charge >= 0.3 is 185 Å². The van der Waals surface area contributed by atoms with E-state index >= 15 is 0 Å². The van der Waals surface area contributed by atoms with Gasteiger partial charge in [0, 0.05) is 0 Å². The van der Waals surface area contributed by atoms with Gasteiger partial charge < -0.3 is 0 Å². The van der Waals surface area contributed by atoms with Crippen LogP contribution in [-0.4, -0.2) is 48.1 Å². The van der Waals surface area contributed by atoms with Gasteiger partial charge in [0.1, 0.15) is 0 Å². The molecule has 0 saturated heterocycles. The second kappa shape index (κ2) is 10.9. The monoisotopic (exact) mass is 590 g/mol. The number of H-pyrrole nitrogens is 2. The normalized spacial score (nSPS) is 10.7. The van der Waals surface area contributed by atoms with Gasteiger partial charge in [0.2, 0.25) is 0 Å². The molecule has 2 aromatic rings. The van der Waals surface area contributed by atoms with E-state index in [-0.39, 0.29) is 11.1 Å². The van der Waals surface area contributed by atoms with Gasteiger partial charge in [0.15, 0.2) is 0 Å². The van der Waals surface area contributed by atoms with Crippen LogP contribution in [0.4, 0.5) is 11.9 Å². The molecule has 0 atom stereocenters. The zero-order valence-corrected chi connectivity index (χ0v) is 24.1. The van der Waals surface area contributed by atoms with Crippen molar-refractivity contribution in [3.8, 4) is 0 Å². The Morgan fingerprint density at radius 1 is 0.759 bits per heavy atom. The Balaban J connectivity index is 2.61. The van der Waals surface area contributed by atoms with E-state index in [0.29, 0.717) is 11.9 Å². The standard InChI is InChI=1S/2C10H16N3O.Hg/c2*1-4-5-6-8-7-11-10(13(2)3)12-9(8)14;/h2*4-6H2,1-3H3,(H,11,12,14);. The maximum absolute atomic E-state index is 12.8. The van der Waals surface area contributed by atoms with Crippen LogP contribution in [-0.2, 0) is 37.4 Å². The molecule has 0 radical (unpaired) electrons. The van der Waals surface area contributed by atoms with Crippen molar-refractivity contribution in [1.29, 1.82) is 0 Å². The molecular weight excluding hydrogens is 557 g/mol. The van der Waals surface area contributed by atoms with Crippen LogP contribution >= 0.6 is 0 Å². The summed E-state index contributed by atoms with van der Waals surface area (Å²) in [5, 5.41) is 0. The van der Waals surface area contributed by atoms with Gasteiger partial charge in [-0.15, -0.1) is 0 Å². The fourth-order valence-electron chi connectivity index (χ4n) is 3.16. The molecule has 29 heavy (non-hydrogen) atoms. The summed E-state index contributed by atoms with van der Waals surface area (Å²) in [5.74, 6) is 1.14. The second-order valence-electron chi connectivity index (χ2n) is 7.80. The van der Waals surface area contributed by atoms with Crippen molar-refractivity contribution < 1.29 is 24.6 Å². The third-order valence-corrected chi connectivity index (χ3v) is 12.1. The number of nitrogens with zero attached hydrogens (tertiary/aromatic N) is 4. The van der Waals surface area contributed by atoms with Crippen LogP contribution < -0.4 is 27.3 Å². The van der Waals surface area contributed by atoms with Crippen LogP contribution in [0.15, 0.2) is 9.59 Å². The summed E-state index contributed by atoms with van der Waals surface area (Å²) in [6, 6.07) is 0. The number of hydrogen-bond acceptors (Lipinski definition) is 6. The summed E-state index contributed by atoms with van der Waals surface area (Å²) in [7, 11) is 7.47. The van der Waals surface area contributed by atoms with E-state index in [1.54, 1.807) is 0 Å². The molecule has 0 bridgehead atoms. The Kier molecular flexibility index (Phi) is 8.86.